The van der Waals surface area contributed by atoms with Crippen molar-refractivity contribution in [3.8, 4) is 11.5 Å². The largest absolute Gasteiger partial charge is 0.507 e. The van der Waals surface area contributed by atoms with E-state index < -0.39 is 11.7 Å². The number of carbonyl (C=O) groups is 2. The molecule has 4 rings (SSSR count). The van der Waals surface area contributed by atoms with Gasteiger partial charge in [0.1, 0.15) is 23.9 Å². The molecule has 0 unspecified atom stereocenters. The molecular weight excluding hydrogens is 365 g/mol. The number of para-hydroxylation sites is 2. The number of benzene rings is 2. The Morgan fingerprint density at radius 2 is 2.14 bits per heavy atom. The van der Waals surface area contributed by atoms with Gasteiger partial charge in [0, 0.05) is 11.1 Å². The molecule has 1 atom stereocenters. The van der Waals surface area contributed by atoms with Crippen molar-refractivity contribution in [2.75, 3.05) is 18.1 Å². The van der Waals surface area contributed by atoms with Crippen molar-refractivity contribution < 1.29 is 23.8 Å². The normalized spacial score (nSPS) is 19.2. The third-order valence-electron chi connectivity index (χ3n) is 4.88. The van der Waals surface area contributed by atoms with Crippen molar-refractivity contribution in [3.05, 3.63) is 53.3 Å². The van der Waals surface area contributed by atoms with E-state index in [-0.39, 0.29) is 30.7 Å². The fourth-order valence-electron chi connectivity index (χ4n) is 3.60. The molecule has 1 heterocycles. The summed E-state index contributed by atoms with van der Waals surface area (Å²) in [4.78, 5) is 25.9. The molecule has 0 radical (unpaired) electrons. The summed E-state index contributed by atoms with van der Waals surface area (Å²) in [5, 5.41) is 14.2. The predicted molar refractivity (Wildman–Crippen MR) is 100 cm³/mol. The van der Waals surface area contributed by atoms with Crippen LogP contribution in [0.2, 0.25) is 0 Å². The number of hydrogen-bond acceptors (Lipinski definition) is 5. The van der Waals surface area contributed by atoms with Crippen LogP contribution in [0.1, 0.15) is 30.4 Å². The van der Waals surface area contributed by atoms with E-state index >= 15 is 0 Å². The summed E-state index contributed by atoms with van der Waals surface area (Å²) in [5.74, 6) is -0.959. The fourth-order valence-corrected chi connectivity index (χ4v) is 3.60. The van der Waals surface area contributed by atoms with Crippen LogP contribution in [0.3, 0.4) is 0 Å². The van der Waals surface area contributed by atoms with Gasteiger partial charge in [-0.15, -0.1) is 0 Å². The Balaban J connectivity index is 1.52. The Bertz CT molecular complexity index is 1000. The second-order valence-electron chi connectivity index (χ2n) is 6.79. The lowest BCUT2D eigenvalue weighted by Gasteiger charge is -2.28. The number of phenolic OH excluding ortho intramolecular Hbond substituents is 1. The first-order valence-corrected chi connectivity index (χ1v) is 8.85. The number of hydrazone groups is 1. The van der Waals surface area contributed by atoms with Gasteiger partial charge in [0.25, 0.3) is 11.8 Å². The Labute approximate surface area is 160 Å². The van der Waals surface area contributed by atoms with Crippen LogP contribution in [-0.2, 0) is 9.59 Å². The summed E-state index contributed by atoms with van der Waals surface area (Å²) in [6.45, 7) is 1.46. The summed E-state index contributed by atoms with van der Waals surface area (Å²) in [7, 11) is 0. The SMILES string of the molecule is C[C@@H]1C/C(=N\NC(=O)CN2C(=O)COc3ccccc32)c2c(O)ccc(F)c21. The van der Waals surface area contributed by atoms with Gasteiger partial charge in [-0.3, -0.25) is 14.5 Å². The van der Waals surface area contributed by atoms with Gasteiger partial charge >= 0.3 is 0 Å². The maximum absolute atomic E-state index is 14.1. The molecule has 0 aromatic heterocycles. The van der Waals surface area contributed by atoms with Crippen molar-refractivity contribution in [1.82, 2.24) is 5.43 Å². The molecule has 0 spiro atoms. The van der Waals surface area contributed by atoms with E-state index in [1.54, 1.807) is 24.3 Å². The molecule has 1 aliphatic heterocycles. The highest BCUT2D eigenvalue weighted by Crippen LogP contribution is 2.39. The third-order valence-corrected chi connectivity index (χ3v) is 4.88. The quantitative estimate of drug-likeness (QED) is 0.796. The van der Waals surface area contributed by atoms with Gasteiger partial charge in [-0.25, -0.2) is 9.82 Å². The van der Waals surface area contributed by atoms with Crippen molar-refractivity contribution in [2.45, 2.75) is 19.3 Å². The number of nitrogens with one attached hydrogen (secondary N) is 1. The lowest BCUT2D eigenvalue weighted by molar-refractivity contribution is -0.125. The van der Waals surface area contributed by atoms with Crippen LogP contribution >= 0.6 is 0 Å². The van der Waals surface area contributed by atoms with E-state index in [0.29, 0.717) is 34.7 Å². The number of hydrogen-bond donors (Lipinski definition) is 2. The molecule has 0 bridgehead atoms. The van der Waals surface area contributed by atoms with Gasteiger partial charge < -0.3 is 9.84 Å². The van der Waals surface area contributed by atoms with Crippen LogP contribution in [0, 0.1) is 5.82 Å². The molecule has 0 fully saturated rings. The number of fused-ring (bicyclic) bond motifs is 2. The van der Waals surface area contributed by atoms with Gasteiger partial charge in [0.15, 0.2) is 6.61 Å². The van der Waals surface area contributed by atoms with Gasteiger partial charge in [0.05, 0.1) is 11.4 Å². The Hall–Kier alpha value is -3.42. The zero-order valence-electron chi connectivity index (χ0n) is 15.1. The minimum Gasteiger partial charge on any atom is -0.507 e. The van der Waals surface area contributed by atoms with Crippen molar-refractivity contribution >= 4 is 23.2 Å². The van der Waals surface area contributed by atoms with E-state index in [0.717, 1.165) is 0 Å². The number of halogens is 1. The van der Waals surface area contributed by atoms with Crippen LogP contribution in [0.5, 0.6) is 11.5 Å². The summed E-state index contributed by atoms with van der Waals surface area (Å²) < 4.78 is 19.4. The molecule has 144 valence electrons. The monoisotopic (exact) mass is 383 g/mol. The van der Waals surface area contributed by atoms with Gasteiger partial charge in [-0.1, -0.05) is 19.1 Å². The van der Waals surface area contributed by atoms with E-state index in [2.05, 4.69) is 10.5 Å². The topological polar surface area (TPSA) is 91.2 Å². The second-order valence-corrected chi connectivity index (χ2v) is 6.79. The molecule has 2 aliphatic rings. The van der Waals surface area contributed by atoms with Gasteiger partial charge in [-0.2, -0.15) is 5.10 Å². The highest BCUT2D eigenvalue weighted by molar-refractivity contribution is 6.08. The summed E-state index contributed by atoms with van der Waals surface area (Å²) in [6, 6.07) is 9.44. The maximum Gasteiger partial charge on any atom is 0.265 e. The van der Waals surface area contributed by atoms with E-state index in [4.69, 9.17) is 4.74 Å². The Morgan fingerprint density at radius 3 is 2.96 bits per heavy atom. The molecule has 2 aromatic carbocycles. The highest BCUT2D eigenvalue weighted by Gasteiger charge is 2.31. The molecule has 2 aromatic rings. The zero-order chi connectivity index (χ0) is 19.8. The van der Waals surface area contributed by atoms with Crippen molar-refractivity contribution in [1.29, 1.82) is 0 Å². The molecular formula is C20H18FN3O4. The summed E-state index contributed by atoms with van der Waals surface area (Å²) >= 11 is 0. The van der Waals surface area contributed by atoms with E-state index in [9.17, 15) is 19.1 Å². The number of ether oxygens (including phenoxy) is 1. The lowest BCUT2D eigenvalue weighted by Crippen LogP contribution is -2.44. The number of anilines is 1. The lowest BCUT2D eigenvalue weighted by atomic mass is 10.0. The molecule has 2 N–H and O–H groups in total. The smallest absolute Gasteiger partial charge is 0.265 e. The van der Waals surface area contributed by atoms with E-state index in [1.807, 2.05) is 6.92 Å². The number of aromatic hydroxyl groups is 1. The molecule has 1 aliphatic carbocycles. The van der Waals surface area contributed by atoms with Crippen molar-refractivity contribution in [3.63, 3.8) is 0 Å². The molecule has 7 nitrogen and oxygen atoms in total. The number of carbonyl (C=O) groups excluding carboxylic acids is 2. The average molecular weight is 383 g/mol. The van der Waals surface area contributed by atoms with E-state index in [1.165, 1.54) is 17.0 Å². The zero-order valence-corrected chi connectivity index (χ0v) is 15.1. The molecule has 2 amide bonds. The minimum atomic E-state index is -0.505. The summed E-state index contributed by atoms with van der Waals surface area (Å²) in [6.07, 6.45) is 0.392. The molecule has 0 saturated heterocycles. The summed E-state index contributed by atoms with van der Waals surface area (Å²) in [5.41, 5.74) is 4.05. The molecule has 0 saturated carbocycles. The first-order valence-electron chi connectivity index (χ1n) is 8.85. The third kappa shape index (κ3) is 3.06. The Morgan fingerprint density at radius 1 is 1.36 bits per heavy atom. The van der Waals surface area contributed by atoms with Crippen LogP contribution in [0.4, 0.5) is 10.1 Å². The first kappa shape index (κ1) is 18.0. The number of rotatable bonds is 3. The number of amides is 2. The van der Waals surface area contributed by atoms with Crippen LogP contribution < -0.4 is 15.1 Å². The fraction of sp³-hybridized carbons (Fsp3) is 0.250. The van der Waals surface area contributed by atoms with Crippen LogP contribution in [-0.4, -0.2) is 35.8 Å². The number of nitrogens with zero attached hydrogens (tertiary/aromatic N) is 2. The number of phenols is 1. The second kappa shape index (κ2) is 6.95. The van der Waals surface area contributed by atoms with Gasteiger partial charge in [-0.05, 0) is 36.6 Å². The van der Waals surface area contributed by atoms with Gasteiger partial charge in [0.2, 0.25) is 0 Å². The molecule has 28 heavy (non-hydrogen) atoms. The molecule has 8 heteroatoms. The Kier molecular flexibility index (Phi) is 4.46. The standard InChI is InChI=1S/C20H18FN3O4/c1-11-8-13(20-15(25)7-6-12(21)19(11)20)22-23-17(26)9-24-14-4-2-3-5-16(14)28-10-18(24)27/h2-7,11,25H,8-10H2,1H3,(H,23,26)/b22-13+/t11-/m1/s1. The van der Waals surface area contributed by atoms with Crippen LogP contribution in [0.25, 0.3) is 0 Å². The first-order chi connectivity index (χ1) is 13.5. The highest BCUT2D eigenvalue weighted by atomic mass is 19.1. The average Bonchev–Trinajstić information content (AvgIpc) is 3.03. The van der Waals surface area contributed by atoms with Crippen molar-refractivity contribution in [2.24, 2.45) is 5.10 Å². The minimum absolute atomic E-state index is 0.0777. The van der Waals surface area contributed by atoms with Crippen LogP contribution in [0.15, 0.2) is 41.5 Å². The maximum atomic E-state index is 14.1. The predicted octanol–water partition coefficient (Wildman–Crippen LogP) is 2.28.